The molecule has 0 spiro atoms. The van der Waals surface area contributed by atoms with Crippen LogP contribution in [0.4, 0.5) is 20.2 Å². The Morgan fingerprint density at radius 3 is 2.70 bits per heavy atom. The van der Waals surface area contributed by atoms with Crippen molar-refractivity contribution < 1.29 is 13.6 Å². The van der Waals surface area contributed by atoms with Crippen LogP contribution < -0.4 is 10.6 Å². The molecule has 0 aromatic heterocycles. The van der Waals surface area contributed by atoms with Crippen molar-refractivity contribution in [3.8, 4) is 0 Å². The van der Waals surface area contributed by atoms with Gasteiger partial charge in [-0.15, -0.1) is 0 Å². The summed E-state index contributed by atoms with van der Waals surface area (Å²) in [6.45, 7) is 0.481. The summed E-state index contributed by atoms with van der Waals surface area (Å²) in [5.74, 6) is -1.25. The van der Waals surface area contributed by atoms with Gasteiger partial charge in [-0.2, -0.15) is 0 Å². The maximum atomic E-state index is 13.3. The second-order valence-electron chi connectivity index (χ2n) is 4.72. The molecule has 2 aromatic carbocycles. The lowest BCUT2D eigenvalue weighted by Gasteiger charge is -2.17. The predicted octanol–water partition coefficient (Wildman–Crippen LogP) is 2.75. The van der Waals surface area contributed by atoms with Crippen LogP contribution in [0.25, 0.3) is 0 Å². The van der Waals surface area contributed by atoms with Crippen LogP contribution in [0.15, 0.2) is 36.4 Å². The summed E-state index contributed by atoms with van der Waals surface area (Å²) in [5, 5.41) is 0. The highest BCUT2D eigenvalue weighted by Crippen LogP contribution is 2.30. The van der Waals surface area contributed by atoms with E-state index in [1.165, 1.54) is 29.2 Å². The van der Waals surface area contributed by atoms with Crippen LogP contribution in [0.5, 0.6) is 0 Å². The predicted molar refractivity (Wildman–Crippen MR) is 72.6 cm³/mol. The first-order valence-corrected chi connectivity index (χ1v) is 6.21. The highest BCUT2D eigenvalue weighted by atomic mass is 19.1. The third kappa shape index (κ3) is 2.01. The van der Waals surface area contributed by atoms with Gasteiger partial charge in [0.15, 0.2) is 0 Å². The monoisotopic (exact) mass is 274 g/mol. The third-order valence-corrected chi connectivity index (χ3v) is 3.43. The van der Waals surface area contributed by atoms with E-state index < -0.39 is 5.82 Å². The number of benzene rings is 2. The van der Waals surface area contributed by atoms with Crippen LogP contribution in [0.3, 0.4) is 0 Å². The number of carbonyl (C=O) groups is 1. The smallest absolute Gasteiger partial charge is 0.258 e. The number of fused-ring (bicyclic) bond motifs is 1. The van der Waals surface area contributed by atoms with Crippen molar-refractivity contribution in [1.82, 2.24) is 0 Å². The first-order valence-electron chi connectivity index (χ1n) is 6.21. The summed E-state index contributed by atoms with van der Waals surface area (Å²) in [6, 6.07) is 8.23. The zero-order chi connectivity index (χ0) is 14.3. The van der Waals surface area contributed by atoms with Crippen LogP contribution in [0.1, 0.15) is 15.9 Å². The van der Waals surface area contributed by atoms with Crippen molar-refractivity contribution in [2.24, 2.45) is 0 Å². The first kappa shape index (κ1) is 12.6. The molecular weight excluding hydrogens is 262 g/mol. The molecular formula is C15H12F2N2O. The van der Waals surface area contributed by atoms with E-state index >= 15 is 0 Å². The van der Waals surface area contributed by atoms with Gasteiger partial charge in [0.05, 0.1) is 11.4 Å². The number of hydrogen-bond donors (Lipinski definition) is 1. The maximum absolute atomic E-state index is 13.3. The van der Waals surface area contributed by atoms with Crippen LogP contribution in [-0.2, 0) is 6.42 Å². The fourth-order valence-electron chi connectivity index (χ4n) is 2.40. The number of nitrogens with zero attached hydrogens (tertiary/aromatic N) is 1. The number of halogens is 2. The molecule has 1 aliphatic heterocycles. The highest BCUT2D eigenvalue weighted by molar-refractivity contribution is 6.07. The van der Waals surface area contributed by atoms with Crippen molar-refractivity contribution >= 4 is 17.3 Å². The highest BCUT2D eigenvalue weighted by Gasteiger charge is 2.26. The molecule has 5 heteroatoms. The molecule has 0 aliphatic carbocycles. The van der Waals surface area contributed by atoms with Crippen molar-refractivity contribution in [2.75, 3.05) is 17.2 Å². The Hall–Kier alpha value is -2.43. The minimum absolute atomic E-state index is 0.0745. The van der Waals surface area contributed by atoms with Crippen molar-refractivity contribution in [1.29, 1.82) is 0 Å². The molecule has 3 rings (SSSR count). The molecule has 0 saturated heterocycles. The average Bonchev–Trinajstić information content (AvgIpc) is 2.84. The van der Waals surface area contributed by atoms with E-state index in [0.717, 1.165) is 11.6 Å². The van der Waals surface area contributed by atoms with Crippen LogP contribution in [0, 0.1) is 11.6 Å². The Balaban J connectivity index is 1.97. The number of rotatable bonds is 1. The second kappa shape index (κ2) is 4.59. The third-order valence-electron chi connectivity index (χ3n) is 3.43. The van der Waals surface area contributed by atoms with E-state index in [1.807, 2.05) is 0 Å². The second-order valence-corrected chi connectivity index (χ2v) is 4.72. The van der Waals surface area contributed by atoms with Gasteiger partial charge in [-0.05, 0) is 42.3 Å². The van der Waals surface area contributed by atoms with Crippen molar-refractivity contribution in [3.05, 3.63) is 59.2 Å². The normalized spacial score (nSPS) is 13.4. The molecule has 1 aliphatic rings. The largest absolute Gasteiger partial charge is 0.396 e. The fraction of sp³-hybridized carbons (Fsp3) is 0.133. The van der Waals surface area contributed by atoms with Gasteiger partial charge in [0.1, 0.15) is 11.6 Å². The molecule has 3 nitrogen and oxygen atoms in total. The summed E-state index contributed by atoms with van der Waals surface area (Å²) in [4.78, 5) is 13.9. The zero-order valence-electron chi connectivity index (χ0n) is 10.6. The van der Waals surface area contributed by atoms with Crippen molar-refractivity contribution in [3.63, 3.8) is 0 Å². The Morgan fingerprint density at radius 2 is 1.95 bits per heavy atom. The van der Waals surface area contributed by atoms with Gasteiger partial charge < -0.3 is 10.6 Å². The van der Waals surface area contributed by atoms with Gasteiger partial charge in [-0.1, -0.05) is 6.07 Å². The minimum Gasteiger partial charge on any atom is -0.396 e. The molecule has 0 saturated carbocycles. The number of amides is 1. The molecule has 2 aromatic rings. The van der Waals surface area contributed by atoms with Crippen LogP contribution in [0.2, 0.25) is 0 Å². The van der Waals surface area contributed by atoms with E-state index in [9.17, 15) is 13.6 Å². The Labute approximate surface area is 114 Å². The molecule has 0 bridgehead atoms. The van der Waals surface area contributed by atoms with E-state index in [4.69, 9.17) is 5.73 Å². The maximum Gasteiger partial charge on any atom is 0.258 e. The number of nitrogens with two attached hydrogens (primary N) is 1. The topological polar surface area (TPSA) is 46.3 Å². The Kier molecular flexibility index (Phi) is 2.89. The summed E-state index contributed by atoms with van der Waals surface area (Å²) in [5.41, 5.74) is 7.18. The summed E-state index contributed by atoms with van der Waals surface area (Å²) >= 11 is 0. The standard InChI is InChI=1S/C15H12F2N2O/c16-11-3-1-9-5-6-19(14(9)8-11)15(20)10-2-4-12(17)13(18)7-10/h1-4,7-8H,5-6,18H2. The molecule has 0 unspecified atom stereocenters. The molecule has 0 atom stereocenters. The first-order chi connectivity index (χ1) is 9.56. The molecule has 20 heavy (non-hydrogen) atoms. The Morgan fingerprint density at radius 1 is 1.15 bits per heavy atom. The number of nitrogen functional groups attached to an aromatic ring is 1. The summed E-state index contributed by atoms with van der Waals surface area (Å²) < 4.78 is 26.4. The van der Waals surface area contributed by atoms with Gasteiger partial charge in [0.2, 0.25) is 0 Å². The lowest BCUT2D eigenvalue weighted by molar-refractivity contribution is 0.0989. The SMILES string of the molecule is Nc1cc(C(=O)N2CCc3ccc(F)cc32)ccc1F. The molecule has 2 N–H and O–H groups in total. The summed E-state index contributed by atoms with van der Waals surface area (Å²) in [6.07, 6.45) is 0.679. The molecule has 0 radical (unpaired) electrons. The van der Waals surface area contributed by atoms with Gasteiger partial charge in [0.25, 0.3) is 5.91 Å². The van der Waals surface area contributed by atoms with Gasteiger partial charge in [0, 0.05) is 12.1 Å². The average molecular weight is 274 g/mol. The molecule has 1 heterocycles. The fourth-order valence-corrected chi connectivity index (χ4v) is 2.40. The zero-order valence-corrected chi connectivity index (χ0v) is 10.6. The summed E-state index contributed by atoms with van der Waals surface area (Å²) in [7, 11) is 0. The van der Waals surface area contributed by atoms with Gasteiger partial charge in [-0.25, -0.2) is 8.78 Å². The van der Waals surface area contributed by atoms with E-state index in [-0.39, 0.29) is 17.4 Å². The number of carbonyl (C=O) groups excluding carboxylic acids is 1. The van der Waals surface area contributed by atoms with E-state index in [2.05, 4.69) is 0 Å². The van der Waals surface area contributed by atoms with Crippen molar-refractivity contribution in [2.45, 2.75) is 6.42 Å². The van der Waals surface area contributed by atoms with E-state index in [0.29, 0.717) is 24.2 Å². The molecule has 0 fully saturated rings. The quantitative estimate of drug-likeness (QED) is 0.813. The van der Waals surface area contributed by atoms with E-state index in [1.54, 1.807) is 6.07 Å². The van der Waals surface area contributed by atoms with Gasteiger partial charge in [-0.3, -0.25) is 4.79 Å². The number of anilines is 2. The lowest BCUT2D eigenvalue weighted by Crippen LogP contribution is -2.29. The Bertz CT molecular complexity index is 700. The molecule has 1 amide bonds. The molecule has 102 valence electrons. The van der Waals surface area contributed by atoms with Crippen LogP contribution >= 0.6 is 0 Å². The van der Waals surface area contributed by atoms with Crippen LogP contribution in [-0.4, -0.2) is 12.5 Å². The minimum atomic E-state index is -0.561. The lowest BCUT2D eigenvalue weighted by atomic mass is 10.1. The van der Waals surface area contributed by atoms with Gasteiger partial charge >= 0.3 is 0 Å². The number of hydrogen-bond acceptors (Lipinski definition) is 2.